The molecule has 7 aromatic rings. The van der Waals surface area contributed by atoms with Crippen molar-refractivity contribution in [3.8, 4) is 23.0 Å². The molecular formula is C75H97B2Br4N13O21. The zero-order valence-corrected chi connectivity index (χ0v) is 71.6. The van der Waals surface area contributed by atoms with Crippen LogP contribution in [0.25, 0.3) is 6.08 Å². The highest BCUT2D eigenvalue weighted by Crippen LogP contribution is 2.37. The molecule has 11 rings (SSSR count). The maximum Gasteiger partial charge on any atom is 0.486 e. The van der Waals surface area contributed by atoms with E-state index in [1.165, 1.54) is 101 Å². The number of methoxy groups -OCH3 is 5. The van der Waals surface area contributed by atoms with Gasteiger partial charge in [0.25, 0.3) is 11.8 Å². The summed E-state index contributed by atoms with van der Waals surface area (Å²) in [5, 5.41) is 57.2. The number of aromatic carboxylic acids is 1. The molecular weight excluding hydrogens is 1760 g/mol. The van der Waals surface area contributed by atoms with E-state index in [-0.39, 0.29) is 104 Å². The zero-order chi connectivity index (χ0) is 85.5. The van der Waals surface area contributed by atoms with Crippen LogP contribution in [0.5, 0.6) is 23.0 Å². The molecule has 40 heteroatoms. The van der Waals surface area contributed by atoms with E-state index < -0.39 is 17.9 Å². The predicted octanol–water partition coefficient (Wildman–Crippen LogP) is 9.03. The number of esters is 2. The van der Waals surface area contributed by atoms with Gasteiger partial charge in [0.05, 0.1) is 104 Å². The van der Waals surface area contributed by atoms with Crippen molar-refractivity contribution >= 4 is 122 Å². The second-order valence-electron chi connectivity index (χ2n) is 25.1. The Bertz CT molecular complexity index is 4150. The number of rotatable bonds is 23. The molecule has 622 valence electrons. The lowest BCUT2D eigenvalue weighted by molar-refractivity contribution is 0.00578. The van der Waals surface area contributed by atoms with Gasteiger partial charge in [0.15, 0.2) is 29.7 Å². The van der Waals surface area contributed by atoms with E-state index in [4.69, 9.17) is 48.7 Å². The SMILES string of the molecule is BrB(Br)Br.C=CB1OC(C)(C)C(C)(C)O1.C=Cc1nccnc1C(=O)OC.COC(=O)c1nccnc1Br.COCCc1nccnc1C(=O)N1CCC[C@H]1CO.COCCc1nccnc1C(=O)N1CCC[C@H]1COc1cccc(O)c1C=O.COCCc1nccnc1C(=O)O.O=Cc1c(O)cccc1O.OC[C@@H]1CCCN1. The number of carboxylic acids is 1. The average Bonchev–Trinajstić information content (AvgIpc) is 1.67. The van der Waals surface area contributed by atoms with Gasteiger partial charge >= 0.3 is 28.2 Å². The van der Waals surface area contributed by atoms with E-state index in [1.807, 2.05) is 27.7 Å². The van der Waals surface area contributed by atoms with Crippen molar-refractivity contribution in [1.82, 2.24) is 65.0 Å². The maximum absolute atomic E-state index is 13.1. The van der Waals surface area contributed by atoms with Crippen LogP contribution >= 0.6 is 63.2 Å². The number of nitrogens with one attached hydrogen (secondary N) is 1. The predicted molar refractivity (Wildman–Crippen MR) is 441 cm³/mol. The van der Waals surface area contributed by atoms with E-state index in [2.05, 4.69) is 141 Å². The largest absolute Gasteiger partial charge is 0.507 e. The molecule has 0 unspecified atom stereocenters. The lowest BCUT2D eigenvalue weighted by Crippen LogP contribution is -2.41. The third-order valence-corrected chi connectivity index (χ3v) is 17.6. The van der Waals surface area contributed by atoms with Crippen molar-refractivity contribution < 1.29 is 102 Å². The number of aromatic hydroxyl groups is 3. The maximum atomic E-state index is 13.1. The van der Waals surface area contributed by atoms with Gasteiger partial charge in [-0.1, -0.05) is 24.7 Å². The quantitative estimate of drug-likeness (QED) is 0.0178. The van der Waals surface area contributed by atoms with Crippen LogP contribution in [0.1, 0.15) is 162 Å². The fourth-order valence-corrected chi connectivity index (χ4v) is 10.8. The molecule has 115 heavy (non-hydrogen) atoms. The number of phenols is 3. The molecule has 9 heterocycles. The number of amides is 2. The summed E-state index contributed by atoms with van der Waals surface area (Å²) in [5.41, 5.74) is 2.81. The Balaban J connectivity index is 0.000000350. The first-order valence-electron chi connectivity index (χ1n) is 35.5. The minimum absolute atomic E-state index is 0.000417. The summed E-state index contributed by atoms with van der Waals surface area (Å²) in [7, 11) is 7.10. The Kier molecular flexibility index (Phi) is 47.6. The molecule has 34 nitrogen and oxygen atoms in total. The molecule has 4 fully saturated rings. The minimum atomic E-state index is -1.06. The number of aldehydes is 2. The number of aliphatic hydroxyl groups excluding tert-OH is 2. The van der Waals surface area contributed by atoms with Gasteiger partial charge in [-0.25, -0.2) is 44.3 Å². The van der Waals surface area contributed by atoms with Crippen molar-refractivity contribution in [2.45, 2.75) is 115 Å². The van der Waals surface area contributed by atoms with E-state index in [0.717, 1.165) is 38.6 Å². The highest BCUT2D eigenvalue weighted by molar-refractivity contribution is 9.69. The number of phenolic OH excluding ortho intramolecular Hbond substituents is 3. The molecule has 4 aliphatic heterocycles. The number of aliphatic hydroxyl groups is 2. The van der Waals surface area contributed by atoms with Crippen LogP contribution in [0.2, 0.25) is 0 Å². The Morgan fingerprint density at radius 2 is 0.983 bits per heavy atom. The van der Waals surface area contributed by atoms with Crippen LogP contribution in [-0.2, 0) is 52.3 Å². The minimum Gasteiger partial charge on any atom is -0.507 e. The number of benzene rings is 2. The molecule has 0 spiro atoms. The molecule has 0 saturated carbocycles. The average molecular weight is 1860 g/mol. The van der Waals surface area contributed by atoms with Crippen molar-refractivity contribution in [3.05, 3.63) is 184 Å². The molecule has 3 atom stereocenters. The fraction of sp³-hybridized carbons (Fsp3) is 0.427. The van der Waals surface area contributed by atoms with Gasteiger partial charge in [-0.15, -0.1) is 53.8 Å². The summed E-state index contributed by atoms with van der Waals surface area (Å²) >= 11 is 12.4. The number of ether oxygens (including phenoxy) is 6. The monoisotopic (exact) mass is 1850 g/mol. The molecule has 4 saturated heterocycles. The first-order chi connectivity index (χ1) is 55.0. The molecule has 2 amide bonds. The number of carbonyl (C=O) groups is 7. The molecule has 0 aliphatic carbocycles. The zero-order valence-electron chi connectivity index (χ0n) is 65.3. The summed E-state index contributed by atoms with van der Waals surface area (Å²) in [6, 6.07) is 8.95. The first kappa shape index (κ1) is 100. The Labute approximate surface area is 701 Å². The number of aromatic nitrogens is 10. The summed E-state index contributed by atoms with van der Waals surface area (Å²) in [6.45, 7) is 19.5. The van der Waals surface area contributed by atoms with Crippen LogP contribution in [-0.4, -0.2) is 267 Å². The number of carboxylic acid groups (broad SMARTS) is 1. The number of hydrogen-bond acceptors (Lipinski definition) is 31. The molecule has 7 N–H and O–H groups in total. The lowest BCUT2D eigenvalue weighted by Gasteiger charge is -2.32. The fourth-order valence-electron chi connectivity index (χ4n) is 10.5. The van der Waals surface area contributed by atoms with Crippen LogP contribution in [0.15, 0.2) is 122 Å². The van der Waals surface area contributed by atoms with Crippen molar-refractivity contribution in [1.29, 1.82) is 0 Å². The smallest absolute Gasteiger partial charge is 0.486 e. The molecule has 5 aromatic heterocycles. The van der Waals surface area contributed by atoms with E-state index in [1.54, 1.807) is 61.6 Å². The van der Waals surface area contributed by atoms with Gasteiger partial charge in [0.1, 0.15) is 45.6 Å². The lowest BCUT2D eigenvalue weighted by atomic mass is 9.90. The normalized spacial score (nSPS) is 15.5. The molecule has 2 aromatic carbocycles. The van der Waals surface area contributed by atoms with E-state index in [0.29, 0.717) is 122 Å². The van der Waals surface area contributed by atoms with Gasteiger partial charge < -0.3 is 83.5 Å². The molecule has 0 radical (unpaired) electrons. The van der Waals surface area contributed by atoms with E-state index >= 15 is 0 Å². The molecule has 0 bridgehead atoms. The number of halogens is 4. The van der Waals surface area contributed by atoms with Crippen LogP contribution < -0.4 is 10.1 Å². The van der Waals surface area contributed by atoms with Crippen molar-refractivity contribution in [3.63, 3.8) is 0 Å². The highest BCUT2D eigenvalue weighted by Gasteiger charge is 2.50. The number of hydrogen-bond donors (Lipinski definition) is 7. The standard InChI is InChI=1S/C20H23N3O5.C13H19N3O3.C8H15BO2.C8H10N2O3.C8H8N2O2.C7H6O3.C6H5BrN2O2.C5H11NO.BBr3/c1-27-11-7-16-19(22-9-8-21-16)20(26)23-10-3-4-14(23)13-28-18-6-2-5-17(25)15(18)12-24;1-19-8-4-11-12(15-6-5-14-11)13(18)16-7-2-3-10(16)9-17;1-6-9-10-7(2,3)8(4,5)11-9;1-13-5-2-6-7(8(11)12)10-4-3-9-6;1-3-6-7(8(11)12-2)10-5-4-9-6;8-4-5-6(9)2-1-3-7(5)10;1-11-6(10)4-5(7)9-3-2-8-4;7-4-5-2-1-3-6-5;2-1(3)4/h2,5-6,8-9,12,14,25H,3-4,7,10-11,13H2,1H3;5-6,10,17H,2-4,7-9H2,1H3;6H,1H2,2-5H3;3-4H,2,5H2,1H3,(H,11,12);3-5H,1H2,2H3;1-4,9-10H;2-3H,1H3;5-7H,1-4H2;/t14-;10-;;;;;;5-;/m00.....0./s1. The summed E-state index contributed by atoms with van der Waals surface area (Å²) in [4.78, 5) is 123. The van der Waals surface area contributed by atoms with Gasteiger partial charge in [-0.2, -0.15) is 0 Å². The van der Waals surface area contributed by atoms with Gasteiger partial charge in [0.2, 0.25) is 0 Å². The van der Waals surface area contributed by atoms with Gasteiger partial charge in [0, 0.05) is 122 Å². The van der Waals surface area contributed by atoms with Crippen molar-refractivity contribution in [2.75, 3.05) is 94.8 Å². The summed E-state index contributed by atoms with van der Waals surface area (Å²) in [6.07, 6.45) is 24.6. The Hall–Kier alpha value is -9.06. The van der Waals surface area contributed by atoms with E-state index in [9.17, 15) is 43.8 Å². The van der Waals surface area contributed by atoms with Crippen LogP contribution in [0.3, 0.4) is 0 Å². The number of likely N-dealkylation sites (tertiary alicyclic amines) is 2. The molecule has 4 aliphatic rings. The number of nitrogens with zero attached hydrogens (tertiary/aromatic N) is 12. The Morgan fingerprint density at radius 3 is 1.37 bits per heavy atom. The third-order valence-electron chi connectivity index (χ3n) is 17.0. The van der Waals surface area contributed by atoms with Crippen molar-refractivity contribution in [2.24, 2.45) is 0 Å². The van der Waals surface area contributed by atoms with Crippen LogP contribution in [0.4, 0.5) is 0 Å². The number of carbonyl (C=O) groups excluding carboxylic acids is 6. The Morgan fingerprint density at radius 1 is 0.574 bits per heavy atom. The highest BCUT2D eigenvalue weighted by atomic mass is 79.9. The first-order valence-corrected chi connectivity index (χ1v) is 39.1. The summed E-state index contributed by atoms with van der Waals surface area (Å²) in [5.74, 6) is -0.931. The second kappa shape index (κ2) is 54.7. The van der Waals surface area contributed by atoms with Crippen LogP contribution in [0, 0.1) is 0 Å². The summed E-state index contributed by atoms with van der Waals surface area (Å²) < 4.78 is 41.4. The van der Waals surface area contributed by atoms with Gasteiger partial charge in [-0.05, 0) is 119 Å². The topological polar surface area (TPSA) is 462 Å². The van der Waals surface area contributed by atoms with Gasteiger partial charge in [-0.3, -0.25) is 39.1 Å². The third kappa shape index (κ3) is 34.0. The second-order valence-corrected chi connectivity index (χ2v) is 32.2.